The zero-order valence-corrected chi connectivity index (χ0v) is 15.0. The van der Waals surface area contributed by atoms with Gasteiger partial charge in [0, 0.05) is 29.1 Å². The predicted molar refractivity (Wildman–Crippen MR) is 97.9 cm³/mol. The van der Waals surface area contributed by atoms with Gasteiger partial charge in [0.05, 0.1) is 29.0 Å². The number of carbonyl (C=O) groups excluding carboxylic acids is 1. The number of aromatic nitrogens is 2. The quantitative estimate of drug-likeness (QED) is 0.483. The molecule has 0 fully saturated rings. The molecule has 0 radical (unpaired) electrons. The first-order valence-corrected chi connectivity index (χ1v) is 8.84. The fourth-order valence-electron chi connectivity index (χ4n) is 4.07. The monoisotopic (exact) mass is 381 g/mol. The summed E-state index contributed by atoms with van der Waals surface area (Å²) in [5.41, 5.74) is 9.67. The summed E-state index contributed by atoms with van der Waals surface area (Å²) in [6, 6.07) is 4.67. The molecule has 2 aliphatic heterocycles. The summed E-state index contributed by atoms with van der Waals surface area (Å²) in [6.45, 7) is 1.98. The first-order valence-electron chi connectivity index (χ1n) is 8.84. The molecule has 4 heterocycles. The van der Waals surface area contributed by atoms with Crippen molar-refractivity contribution in [1.82, 2.24) is 9.55 Å². The number of cyclic esters (lactones) is 1. The topological polar surface area (TPSA) is 107 Å². The van der Waals surface area contributed by atoms with Crippen LogP contribution in [0.2, 0.25) is 0 Å². The van der Waals surface area contributed by atoms with Crippen LogP contribution >= 0.6 is 0 Å². The number of ether oxygens (including phenoxy) is 1. The predicted octanol–water partition coefficient (Wildman–Crippen LogP) is 1.42. The molecule has 28 heavy (non-hydrogen) atoms. The molecule has 142 valence electrons. The molecule has 2 aromatic heterocycles. The van der Waals surface area contributed by atoms with Gasteiger partial charge < -0.3 is 20.1 Å². The summed E-state index contributed by atoms with van der Waals surface area (Å²) in [5.74, 6) is -1.16. The van der Waals surface area contributed by atoms with E-state index in [9.17, 15) is 19.1 Å². The number of rotatable bonds is 1. The minimum atomic E-state index is -1.51. The number of nitrogens with zero attached hydrogens (tertiary/aromatic N) is 2. The van der Waals surface area contributed by atoms with E-state index in [4.69, 9.17) is 10.5 Å². The minimum Gasteiger partial charge on any atom is -0.458 e. The standard InChI is InChI=1S/C20H16FN3O4/c1-8-2-9-11(5-22)12-6-24-16(17(12)23-15(9)4-14(8)21)3-10-13(19(24)26)7-28-20(27)18(10)25/h2-4,18,25H,5-7,22H2,1H3/t18-/m0/s1. The third-order valence-electron chi connectivity index (χ3n) is 5.56. The molecule has 0 aliphatic carbocycles. The number of nitrogens with two attached hydrogens (primary N) is 1. The lowest BCUT2D eigenvalue weighted by Gasteiger charge is -2.21. The Hall–Kier alpha value is -3.10. The van der Waals surface area contributed by atoms with Gasteiger partial charge in [-0.2, -0.15) is 0 Å². The van der Waals surface area contributed by atoms with Gasteiger partial charge in [-0.3, -0.25) is 4.79 Å². The van der Waals surface area contributed by atoms with Crippen molar-refractivity contribution >= 4 is 16.9 Å². The summed E-state index contributed by atoms with van der Waals surface area (Å²) in [5, 5.41) is 10.9. The van der Waals surface area contributed by atoms with E-state index in [1.54, 1.807) is 19.1 Å². The molecular formula is C20H16FN3O4. The van der Waals surface area contributed by atoms with Gasteiger partial charge in [-0.15, -0.1) is 0 Å². The highest BCUT2D eigenvalue weighted by molar-refractivity contribution is 5.89. The molecule has 0 saturated carbocycles. The van der Waals surface area contributed by atoms with Crippen LogP contribution in [0, 0.1) is 12.7 Å². The Labute approximate surface area is 158 Å². The lowest BCUT2D eigenvalue weighted by molar-refractivity contribution is -0.157. The van der Waals surface area contributed by atoms with Crippen LogP contribution in [0.1, 0.15) is 33.9 Å². The van der Waals surface area contributed by atoms with Crippen LogP contribution in [0.15, 0.2) is 23.0 Å². The van der Waals surface area contributed by atoms with Crippen molar-refractivity contribution < 1.29 is 19.0 Å². The number of aryl methyl sites for hydroxylation is 1. The SMILES string of the molecule is Cc1cc2c(CN)c3c(nc2cc1F)-c1cc2c(c(=O)n1C3)COC(=O)[C@H]2O. The van der Waals surface area contributed by atoms with E-state index in [1.165, 1.54) is 10.6 Å². The summed E-state index contributed by atoms with van der Waals surface area (Å²) in [6.07, 6.45) is -1.51. The molecule has 0 unspecified atom stereocenters. The smallest absolute Gasteiger partial charge is 0.340 e. The van der Waals surface area contributed by atoms with Gasteiger partial charge >= 0.3 is 5.97 Å². The first-order chi connectivity index (χ1) is 13.4. The van der Waals surface area contributed by atoms with E-state index < -0.39 is 12.1 Å². The number of fused-ring (bicyclic) bond motifs is 5. The molecule has 5 rings (SSSR count). The molecule has 0 saturated heterocycles. The molecule has 1 atom stereocenters. The van der Waals surface area contributed by atoms with Crippen LogP contribution in [0.25, 0.3) is 22.3 Å². The number of hydrogen-bond acceptors (Lipinski definition) is 6. The highest BCUT2D eigenvalue weighted by Crippen LogP contribution is 2.38. The number of esters is 1. The van der Waals surface area contributed by atoms with Crippen molar-refractivity contribution in [2.75, 3.05) is 0 Å². The molecule has 0 spiro atoms. The Balaban J connectivity index is 1.84. The summed E-state index contributed by atoms with van der Waals surface area (Å²) < 4.78 is 20.5. The Morgan fingerprint density at radius 3 is 2.86 bits per heavy atom. The molecule has 8 heteroatoms. The average Bonchev–Trinajstić information content (AvgIpc) is 3.03. The Morgan fingerprint density at radius 2 is 2.11 bits per heavy atom. The number of aliphatic hydroxyl groups is 1. The van der Waals surface area contributed by atoms with Crippen molar-refractivity contribution in [3.8, 4) is 11.4 Å². The van der Waals surface area contributed by atoms with Crippen molar-refractivity contribution in [2.45, 2.75) is 32.7 Å². The average molecular weight is 381 g/mol. The molecule has 3 N–H and O–H groups in total. The second-order valence-corrected chi connectivity index (χ2v) is 7.11. The fourth-order valence-corrected chi connectivity index (χ4v) is 4.07. The van der Waals surface area contributed by atoms with Gasteiger partial charge in [-0.25, -0.2) is 14.2 Å². The number of carbonyl (C=O) groups is 1. The van der Waals surface area contributed by atoms with Crippen LogP contribution in [0.3, 0.4) is 0 Å². The summed E-state index contributed by atoms with van der Waals surface area (Å²) in [4.78, 5) is 29.3. The number of benzene rings is 1. The molecule has 7 nitrogen and oxygen atoms in total. The van der Waals surface area contributed by atoms with Gasteiger partial charge in [0.15, 0.2) is 6.10 Å². The molecule has 2 aliphatic rings. The molecular weight excluding hydrogens is 365 g/mol. The number of pyridine rings is 2. The number of hydrogen-bond donors (Lipinski definition) is 2. The maximum atomic E-state index is 14.1. The highest BCUT2D eigenvalue weighted by Gasteiger charge is 2.34. The summed E-state index contributed by atoms with van der Waals surface area (Å²) >= 11 is 0. The van der Waals surface area contributed by atoms with Crippen molar-refractivity contribution in [3.63, 3.8) is 0 Å². The van der Waals surface area contributed by atoms with E-state index in [2.05, 4.69) is 4.98 Å². The second-order valence-electron chi connectivity index (χ2n) is 7.11. The van der Waals surface area contributed by atoms with E-state index in [1.807, 2.05) is 0 Å². The summed E-state index contributed by atoms with van der Waals surface area (Å²) in [7, 11) is 0. The third-order valence-corrected chi connectivity index (χ3v) is 5.56. The highest BCUT2D eigenvalue weighted by atomic mass is 19.1. The van der Waals surface area contributed by atoms with Gasteiger partial charge in [-0.05, 0) is 30.2 Å². The maximum Gasteiger partial charge on any atom is 0.340 e. The van der Waals surface area contributed by atoms with E-state index >= 15 is 0 Å². The van der Waals surface area contributed by atoms with Crippen LogP contribution in [-0.2, 0) is 29.2 Å². The molecule has 1 aromatic carbocycles. The van der Waals surface area contributed by atoms with E-state index in [0.717, 1.165) is 16.5 Å². The van der Waals surface area contributed by atoms with Crippen LogP contribution in [0.4, 0.5) is 4.39 Å². The molecule has 3 aromatic rings. The molecule has 0 amide bonds. The van der Waals surface area contributed by atoms with Crippen molar-refractivity contribution in [2.24, 2.45) is 5.73 Å². The Kier molecular flexibility index (Phi) is 3.47. The second kappa shape index (κ2) is 5.70. The zero-order chi connectivity index (χ0) is 19.7. The van der Waals surface area contributed by atoms with Gasteiger partial charge in [-0.1, -0.05) is 0 Å². The van der Waals surface area contributed by atoms with Gasteiger partial charge in [0.25, 0.3) is 5.56 Å². The zero-order valence-electron chi connectivity index (χ0n) is 15.0. The Bertz CT molecular complexity index is 1270. The van der Waals surface area contributed by atoms with Crippen LogP contribution < -0.4 is 11.3 Å². The van der Waals surface area contributed by atoms with Crippen LogP contribution in [0.5, 0.6) is 0 Å². The number of halogens is 1. The fraction of sp³-hybridized carbons (Fsp3) is 0.250. The lowest BCUT2D eigenvalue weighted by Crippen LogP contribution is -2.32. The minimum absolute atomic E-state index is 0.176. The number of aliphatic hydroxyl groups excluding tert-OH is 1. The maximum absolute atomic E-state index is 14.1. The van der Waals surface area contributed by atoms with Crippen LogP contribution in [-0.4, -0.2) is 20.6 Å². The normalized spacial score (nSPS) is 17.3. The lowest BCUT2D eigenvalue weighted by atomic mass is 9.98. The van der Waals surface area contributed by atoms with E-state index in [0.29, 0.717) is 22.5 Å². The largest absolute Gasteiger partial charge is 0.458 e. The first kappa shape index (κ1) is 17.0. The third kappa shape index (κ3) is 2.12. The van der Waals surface area contributed by atoms with Crippen molar-refractivity contribution in [1.29, 1.82) is 0 Å². The van der Waals surface area contributed by atoms with E-state index in [-0.39, 0.29) is 42.2 Å². The van der Waals surface area contributed by atoms with Gasteiger partial charge in [0.1, 0.15) is 12.4 Å². The Morgan fingerprint density at radius 1 is 1.32 bits per heavy atom. The molecule has 0 bridgehead atoms. The van der Waals surface area contributed by atoms with Crippen molar-refractivity contribution in [3.05, 3.63) is 62.2 Å². The van der Waals surface area contributed by atoms with Gasteiger partial charge in [0.2, 0.25) is 0 Å².